The summed E-state index contributed by atoms with van der Waals surface area (Å²) in [5.41, 5.74) is 9.60. The van der Waals surface area contributed by atoms with E-state index in [0.29, 0.717) is 11.3 Å². The summed E-state index contributed by atoms with van der Waals surface area (Å²) in [7, 11) is 0. The second-order valence-electron chi connectivity index (χ2n) is 6.70. The number of rotatable bonds is 6. The maximum atomic E-state index is 11.9. The van der Waals surface area contributed by atoms with Crippen molar-refractivity contribution in [3.63, 3.8) is 0 Å². The van der Waals surface area contributed by atoms with E-state index < -0.39 is 12.0 Å². The Hall–Kier alpha value is -2.73. The van der Waals surface area contributed by atoms with Crippen LogP contribution in [0.3, 0.4) is 0 Å². The van der Waals surface area contributed by atoms with Gasteiger partial charge in [-0.25, -0.2) is 4.79 Å². The van der Waals surface area contributed by atoms with Gasteiger partial charge in [0.05, 0.1) is 0 Å². The first-order valence-corrected chi connectivity index (χ1v) is 8.74. The minimum Gasteiger partial charge on any atom is -0.479 e. The molecule has 27 heavy (non-hydrogen) atoms. The quantitative estimate of drug-likeness (QED) is 0.447. The molecule has 0 radical (unpaired) electrons. The summed E-state index contributed by atoms with van der Waals surface area (Å²) in [6, 6.07) is 12.0. The third kappa shape index (κ3) is 4.92. The lowest BCUT2D eigenvalue weighted by molar-refractivity contribution is -0.138. The lowest BCUT2D eigenvalue weighted by atomic mass is 10.0. The Balaban J connectivity index is 0.00000261. The number of nitrogen functional groups attached to an aromatic ring is 1. The Morgan fingerprint density at radius 1 is 1.19 bits per heavy atom. The van der Waals surface area contributed by atoms with Crippen molar-refractivity contribution < 1.29 is 9.90 Å². The summed E-state index contributed by atoms with van der Waals surface area (Å²) in [6.07, 6.45) is 2.35. The van der Waals surface area contributed by atoms with Crippen LogP contribution in [0.5, 0.6) is 0 Å². The van der Waals surface area contributed by atoms with Crippen molar-refractivity contribution in [2.24, 2.45) is 5.73 Å². The van der Waals surface area contributed by atoms with Gasteiger partial charge in [-0.1, -0.05) is 6.07 Å². The minimum absolute atomic E-state index is 0. The van der Waals surface area contributed by atoms with Gasteiger partial charge in [-0.15, -0.1) is 12.4 Å². The van der Waals surface area contributed by atoms with Crippen LogP contribution in [0.1, 0.15) is 35.6 Å². The van der Waals surface area contributed by atoms with Crippen LogP contribution in [0.4, 0.5) is 11.4 Å². The van der Waals surface area contributed by atoms with Crippen LogP contribution in [-0.4, -0.2) is 30.0 Å². The molecular weight excluding hydrogens is 364 g/mol. The predicted octanol–water partition coefficient (Wildman–Crippen LogP) is 3.54. The van der Waals surface area contributed by atoms with Crippen molar-refractivity contribution in [3.8, 4) is 0 Å². The molecule has 1 fully saturated rings. The van der Waals surface area contributed by atoms with E-state index in [0.717, 1.165) is 29.9 Å². The fourth-order valence-electron chi connectivity index (χ4n) is 3.32. The van der Waals surface area contributed by atoms with E-state index in [4.69, 9.17) is 11.1 Å². The highest BCUT2D eigenvalue weighted by molar-refractivity contribution is 5.95. The lowest BCUT2D eigenvalue weighted by Gasteiger charge is -2.22. The van der Waals surface area contributed by atoms with Crippen LogP contribution in [0.25, 0.3) is 0 Å². The van der Waals surface area contributed by atoms with Gasteiger partial charge in [0.2, 0.25) is 0 Å². The second-order valence-corrected chi connectivity index (χ2v) is 6.70. The van der Waals surface area contributed by atoms with Gasteiger partial charge in [0.15, 0.2) is 6.04 Å². The molecule has 0 bridgehead atoms. The molecule has 1 aliphatic heterocycles. The monoisotopic (exact) mass is 388 g/mol. The maximum absolute atomic E-state index is 11.9. The normalized spacial score (nSPS) is 14.3. The highest BCUT2D eigenvalue weighted by Gasteiger charge is 2.22. The van der Waals surface area contributed by atoms with E-state index in [1.54, 1.807) is 24.3 Å². The molecule has 144 valence electrons. The number of hydrogen-bond acceptors (Lipinski definition) is 4. The van der Waals surface area contributed by atoms with Crippen LogP contribution in [0, 0.1) is 12.3 Å². The van der Waals surface area contributed by atoms with Gasteiger partial charge in [-0.3, -0.25) is 5.41 Å². The van der Waals surface area contributed by atoms with E-state index in [2.05, 4.69) is 16.3 Å². The SMILES string of the molecule is Cc1cc(C(Nc2ccc(C(=N)N)cc2)C(=O)O)cc(N2CCCC2)c1.Cl. The number of aryl methyl sites for hydroxylation is 1. The van der Waals surface area contributed by atoms with E-state index in [1.165, 1.54) is 12.8 Å². The first-order chi connectivity index (χ1) is 12.4. The van der Waals surface area contributed by atoms with Crippen molar-refractivity contribution in [3.05, 3.63) is 59.2 Å². The number of nitrogens with two attached hydrogens (primary N) is 1. The molecule has 2 aromatic rings. The third-order valence-corrected chi connectivity index (χ3v) is 4.64. The van der Waals surface area contributed by atoms with Gasteiger partial charge in [0.1, 0.15) is 5.84 Å². The van der Waals surface area contributed by atoms with Crippen molar-refractivity contribution in [1.82, 2.24) is 0 Å². The molecule has 0 aromatic heterocycles. The Labute approximate surface area is 165 Å². The summed E-state index contributed by atoms with van der Waals surface area (Å²) in [5.74, 6) is -0.945. The predicted molar refractivity (Wildman–Crippen MR) is 111 cm³/mol. The highest BCUT2D eigenvalue weighted by atomic mass is 35.5. The molecule has 1 unspecified atom stereocenters. The van der Waals surface area contributed by atoms with E-state index >= 15 is 0 Å². The number of carboxylic acid groups (broad SMARTS) is 1. The molecule has 2 aromatic carbocycles. The molecule has 6 nitrogen and oxygen atoms in total. The Morgan fingerprint density at radius 2 is 1.81 bits per heavy atom. The van der Waals surface area contributed by atoms with Crippen LogP contribution >= 0.6 is 12.4 Å². The third-order valence-electron chi connectivity index (χ3n) is 4.64. The number of aliphatic carboxylic acids is 1. The first-order valence-electron chi connectivity index (χ1n) is 8.74. The van der Waals surface area contributed by atoms with Crippen molar-refractivity contribution in [2.45, 2.75) is 25.8 Å². The number of nitrogens with zero attached hydrogens (tertiary/aromatic N) is 1. The number of carboxylic acids is 1. The fraction of sp³-hybridized carbons (Fsp3) is 0.300. The van der Waals surface area contributed by atoms with Crippen LogP contribution in [-0.2, 0) is 4.79 Å². The summed E-state index contributed by atoms with van der Waals surface area (Å²) in [6.45, 7) is 4.02. The topological polar surface area (TPSA) is 102 Å². The summed E-state index contributed by atoms with van der Waals surface area (Å²) < 4.78 is 0. The Bertz CT molecular complexity index is 817. The summed E-state index contributed by atoms with van der Waals surface area (Å²) in [4.78, 5) is 14.2. The van der Waals surface area contributed by atoms with Crippen molar-refractivity contribution in [2.75, 3.05) is 23.3 Å². The highest BCUT2D eigenvalue weighted by Crippen LogP contribution is 2.28. The Morgan fingerprint density at radius 3 is 2.37 bits per heavy atom. The van der Waals surface area contributed by atoms with Gasteiger partial charge in [-0.2, -0.15) is 0 Å². The van der Waals surface area contributed by atoms with Crippen molar-refractivity contribution in [1.29, 1.82) is 5.41 Å². The van der Waals surface area contributed by atoms with Crippen LogP contribution in [0.15, 0.2) is 42.5 Å². The molecule has 7 heteroatoms. The van der Waals surface area contributed by atoms with Crippen LogP contribution < -0.4 is 16.0 Å². The molecular formula is C20H25ClN4O2. The van der Waals surface area contributed by atoms with Gasteiger partial charge >= 0.3 is 5.97 Å². The number of carbonyl (C=O) groups is 1. The zero-order valence-corrected chi connectivity index (χ0v) is 16.1. The fourth-order valence-corrected chi connectivity index (χ4v) is 3.32. The van der Waals surface area contributed by atoms with E-state index in [9.17, 15) is 9.90 Å². The van der Waals surface area contributed by atoms with Crippen LogP contribution in [0.2, 0.25) is 0 Å². The second kappa shape index (κ2) is 8.77. The molecule has 5 N–H and O–H groups in total. The zero-order chi connectivity index (χ0) is 18.7. The van der Waals surface area contributed by atoms with E-state index in [-0.39, 0.29) is 18.2 Å². The number of nitrogens with one attached hydrogen (secondary N) is 2. The average molecular weight is 389 g/mol. The van der Waals surface area contributed by atoms with Gasteiger partial charge in [0, 0.05) is 30.0 Å². The number of halogens is 1. The molecule has 0 aliphatic carbocycles. The average Bonchev–Trinajstić information content (AvgIpc) is 3.14. The molecule has 1 heterocycles. The molecule has 0 saturated carbocycles. The number of hydrogen-bond donors (Lipinski definition) is 4. The molecule has 0 spiro atoms. The first kappa shape index (κ1) is 20.6. The standard InChI is InChI=1S/C20H24N4O2.ClH/c1-13-10-15(12-17(11-13)24-8-2-3-9-24)18(20(25)26)23-16-6-4-14(5-7-16)19(21)22;/h4-7,10-12,18,23H,2-3,8-9H2,1H3,(H3,21,22)(H,25,26);1H. The maximum Gasteiger partial charge on any atom is 0.330 e. The van der Waals surface area contributed by atoms with Gasteiger partial charge < -0.3 is 21.1 Å². The molecule has 0 amide bonds. The smallest absolute Gasteiger partial charge is 0.330 e. The number of anilines is 2. The molecule has 1 aliphatic rings. The number of benzene rings is 2. The van der Waals surface area contributed by atoms with Crippen molar-refractivity contribution >= 4 is 35.6 Å². The van der Waals surface area contributed by atoms with Gasteiger partial charge in [0.25, 0.3) is 0 Å². The molecule has 1 saturated heterocycles. The lowest BCUT2D eigenvalue weighted by Crippen LogP contribution is -2.22. The summed E-state index contributed by atoms with van der Waals surface area (Å²) in [5, 5.41) is 20.3. The van der Waals surface area contributed by atoms with Gasteiger partial charge in [-0.05, 0) is 67.3 Å². The number of amidine groups is 1. The van der Waals surface area contributed by atoms with E-state index in [1.807, 2.05) is 19.1 Å². The zero-order valence-electron chi connectivity index (χ0n) is 15.2. The molecule has 3 rings (SSSR count). The largest absolute Gasteiger partial charge is 0.479 e. The summed E-state index contributed by atoms with van der Waals surface area (Å²) >= 11 is 0. The molecule has 1 atom stereocenters. The minimum atomic E-state index is -0.932. The Kier molecular flexibility index (Phi) is 6.69.